The normalized spacial score (nSPS) is 12.0. The number of nitrogens with zero attached hydrogens (tertiary/aromatic N) is 1. The standard InChI is InChI=1S/C17H20FN3O4/c1-3-21(9-16(23)24)17(25)15(20-10(2)22)6-11-8-19-14-7-12(18)4-5-13(11)14/h4-5,7-8,15,19H,3,6,9H2,1-2H3,(H,20,22)(H,23,24). The van der Waals surface area contributed by atoms with Crippen molar-refractivity contribution < 1.29 is 23.9 Å². The predicted octanol–water partition coefficient (Wildman–Crippen LogP) is 1.29. The average molecular weight is 349 g/mol. The molecule has 2 aromatic rings. The van der Waals surface area contributed by atoms with Gasteiger partial charge in [-0.15, -0.1) is 0 Å². The lowest BCUT2D eigenvalue weighted by atomic mass is 10.0. The van der Waals surface area contributed by atoms with Gasteiger partial charge in [-0.1, -0.05) is 0 Å². The Morgan fingerprint density at radius 1 is 1.36 bits per heavy atom. The summed E-state index contributed by atoms with van der Waals surface area (Å²) in [6, 6.07) is 3.36. The highest BCUT2D eigenvalue weighted by Crippen LogP contribution is 2.21. The summed E-state index contributed by atoms with van der Waals surface area (Å²) in [5.74, 6) is -2.37. The molecule has 25 heavy (non-hydrogen) atoms. The Morgan fingerprint density at radius 2 is 2.08 bits per heavy atom. The number of carbonyl (C=O) groups excluding carboxylic acids is 2. The number of carbonyl (C=O) groups is 3. The minimum atomic E-state index is -1.13. The molecule has 1 unspecified atom stereocenters. The fraction of sp³-hybridized carbons (Fsp3) is 0.353. The van der Waals surface area contributed by atoms with Crippen molar-refractivity contribution in [2.75, 3.05) is 13.1 Å². The van der Waals surface area contributed by atoms with E-state index in [1.54, 1.807) is 19.2 Å². The van der Waals surface area contributed by atoms with E-state index in [0.717, 1.165) is 15.8 Å². The number of aliphatic carboxylic acids is 1. The second kappa shape index (κ2) is 7.78. The molecule has 8 heteroatoms. The van der Waals surface area contributed by atoms with Crippen molar-refractivity contribution in [2.24, 2.45) is 0 Å². The number of aromatic nitrogens is 1. The molecular formula is C17H20FN3O4. The lowest BCUT2D eigenvalue weighted by Crippen LogP contribution is -2.50. The molecule has 0 radical (unpaired) electrons. The Kier molecular flexibility index (Phi) is 5.74. The monoisotopic (exact) mass is 349 g/mol. The fourth-order valence-corrected chi connectivity index (χ4v) is 2.72. The van der Waals surface area contributed by atoms with Crippen molar-refractivity contribution >= 4 is 28.7 Å². The van der Waals surface area contributed by atoms with E-state index in [-0.39, 0.29) is 18.8 Å². The van der Waals surface area contributed by atoms with Crippen LogP contribution >= 0.6 is 0 Å². The first kappa shape index (κ1) is 18.4. The number of carboxylic acid groups (broad SMARTS) is 1. The molecule has 0 saturated carbocycles. The van der Waals surface area contributed by atoms with Crippen molar-refractivity contribution in [3.63, 3.8) is 0 Å². The number of fused-ring (bicyclic) bond motifs is 1. The lowest BCUT2D eigenvalue weighted by molar-refractivity contribution is -0.145. The van der Waals surface area contributed by atoms with Crippen LogP contribution in [0.4, 0.5) is 4.39 Å². The molecule has 0 fully saturated rings. The SMILES string of the molecule is CCN(CC(=O)O)C(=O)C(Cc1c[nH]c2cc(F)ccc12)NC(C)=O. The molecule has 0 aliphatic carbocycles. The molecule has 0 bridgehead atoms. The van der Waals surface area contributed by atoms with E-state index in [0.29, 0.717) is 5.52 Å². The minimum Gasteiger partial charge on any atom is -0.480 e. The number of hydrogen-bond donors (Lipinski definition) is 3. The highest BCUT2D eigenvalue weighted by Gasteiger charge is 2.26. The Labute approximate surface area is 143 Å². The summed E-state index contributed by atoms with van der Waals surface area (Å²) in [4.78, 5) is 39.1. The van der Waals surface area contributed by atoms with Gasteiger partial charge >= 0.3 is 5.97 Å². The highest BCUT2D eigenvalue weighted by molar-refractivity contribution is 5.90. The van der Waals surface area contributed by atoms with Crippen LogP contribution in [0.25, 0.3) is 10.9 Å². The second-order valence-corrected chi connectivity index (χ2v) is 5.71. The summed E-state index contributed by atoms with van der Waals surface area (Å²) in [5.41, 5.74) is 1.32. The molecule has 7 nitrogen and oxygen atoms in total. The van der Waals surface area contributed by atoms with Crippen LogP contribution in [0.5, 0.6) is 0 Å². The van der Waals surface area contributed by atoms with Gasteiger partial charge in [0, 0.05) is 37.0 Å². The summed E-state index contributed by atoms with van der Waals surface area (Å²) in [6.45, 7) is 2.73. The van der Waals surface area contributed by atoms with Gasteiger partial charge in [-0.3, -0.25) is 14.4 Å². The van der Waals surface area contributed by atoms with E-state index in [1.807, 2.05) is 0 Å². The average Bonchev–Trinajstić information content (AvgIpc) is 2.92. The maximum absolute atomic E-state index is 13.3. The van der Waals surface area contributed by atoms with E-state index in [1.165, 1.54) is 19.1 Å². The minimum absolute atomic E-state index is 0.167. The van der Waals surface area contributed by atoms with Crippen molar-refractivity contribution in [3.05, 3.63) is 35.8 Å². The first-order valence-electron chi connectivity index (χ1n) is 7.85. The lowest BCUT2D eigenvalue weighted by Gasteiger charge is -2.25. The van der Waals surface area contributed by atoms with E-state index in [4.69, 9.17) is 5.11 Å². The fourth-order valence-electron chi connectivity index (χ4n) is 2.72. The third kappa shape index (κ3) is 4.56. The van der Waals surface area contributed by atoms with Crippen LogP contribution in [0.1, 0.15) is 19.4 Å². The zero-order valence-electron chi connectivity index (χ0n) is 14.0. The molecule has 0 aliphatic heterocycles. The molecule has 134 valence electrons. The number of halogens is 1. The summed E-state index contributed by atoms with van der Waals surface area (Å²) in [6.07, 6.45) is 1.82. The number of hydrogen-bond acceptors (Lipinski definition) is 3. The smallest absolute Gasteiger partial charge is 0.323 e. The molecule has 1 aromatic carbocycles. The molecule has 3 N–H and O–H groups in total. The van der Waals surface area contributed by atoms with Crippen LogP contribution in [0.15, 0.2) is 24.4 Å². The third-order valence-electron chi connectivity index (χ3n) is 3.85. The van der Waals surface area contributed by atoms with Gasteiger partial charge in [-0.2, -0.15) is 0 Å². The summed E-state index contributed by atoms with van der Waals surface area (Å²) in [7, 11) is 0. The van der Waals surface area contributed by atoms with Gasteiger partial charge in [-0.25, -0.2) is 4.39 Å². The van der Waals surface area contributed by atoms with E-state index in [9.17, 15) is 18.8 Å². The Bertz CT molecular complexity index is 802. The number of nitrogens with one attached hydrogen (secondary N) is 2. The maximum Gasteiger partial charge on any atom is 0.323 e. The largest absolute Gasteiger partial charge is 0.480 e. The van der Waals surface area contributed by atoms with Gasteiger partial charge in [0.1, 0.15) is 18.4 Å². The van der Waals surface area contributed by atoms with Crippen LogP contribution in [0.2, 0.25) is 0 Å². The van der Waals surface area contributed by atoms with Gasteiger partial charge in [-0.05, 0) is 30.7 Å². The van der Waals surface area contributed by atoms with E-state index >= 15 is 0 Å². The summed E-state index contributed by atoms with van der Waals surface area (Å²) in [5, 5.41) is 12.2. The van der Waals surface area contributed by atoms with Gasteiger partial charge < -0.3 is 20.3 Å². The maximum atomic E-state index is 13.3. The van der Waals surface area contributed by atoms with Crippen LogP contribution in [0, 0.1) is 5.82 Å². The Hall–Kier alpha value is -2.90. The zero-order valence-corrected chi connectivity index (χ0v) is 14.0. The van der Waals surface area contributed by atoms with Crippen molar-refractivity contribution in [3.8, 4) is 0 Å². The summed E-state index contributed by atoms with van der Waals surface area (Å²) < 4.78 is 13.3. The van der Waals surface area contributed by atoms with E-state index in [2.05, 4.69) is 10.3 Å². The van der Waals surface area contributed by atoms with Crippen LogP contribution in [-0.2, 0) is 20.8 Å². The predicted molar refractivity (Wildman–Crippen MR) is 89.5 cm³/mol. The summed E-state index contributed by atoms with van der Waals surface area (Å²) >= 11 is 0. The number of likely N-dealkylation sites (N-methyl/N-ethyl adjacent to an activating group) is 1. The number of benzene rings is 1. The Morgan fingerprint density at radius 3 is 2.68 bits per heavy atom. The molecule has 1 aromatic heterocycles. The number of H-pyrrole nitrogens is 1. The van der Waals surface area contributed by atoms with Crippen LogP contribution < -0.4 is 5.32 Å². The second-order valence-electron chi connectivity index (χ2n) is 5.71. The Balaban J connectivity index is 2.28. The van der Waals surface area contributed by atoms with Gasteiger partial charge in [0.2, 0.25) is 11.8 Å². The molecule has 0 saturated heterocycles. The van der Waals surface area contributed by atoms with Crippen molar-refractivity contribution in [2.45, 2.75) is 26.3 Å². The van der Waals surface area contributed by atoms with Crippen molar-refractivity contribution in [1.82, 2.24) is 15.2 Å². The third-order valence-corrected chi connectivity index (χ3v) is 3.85. The highest BCUT2D eigenvalue weighted by atomic mass is 19.1. The van der Waals surface area contributed by atoms with Crippen LogP contribution in [-0.4, -0.2) is 51.9 Å². The van der Waals surface area contributed by atoms with Crippen LogP contribution in [0.3, 0.4) is 0 Å². The quantitative estimate of drug-likeness (QED) is 0.701. The first-order valence-corrected chi connectivity index (χ1v) is 7.85. The molecule has 2 rings (SSSR count). The van der Waals surface area contributed by atoms with Gasteiger partial charge in [0.05, 0.1) is 0 Å². The molecule has 0 spiro atoms. The van der Waals surface area contributed by atoms with Gasteiger partial charge in [0.15, 0.2) is 0 Å². The zero-order chi connectivity index (χ0) is 18.6. The van der Waals surface area contributed by atoms with Gasteiger partial charge in [0.25, 0.3) is 0 Å². The number of rotatable bonds is 7. The first-order chi connectivity index (χ1) is 11.8. The molecule has 1 heterocycles. The van der Waals surface area contributed by atoms with Crippen molar-refractivity contribution in [1.29, 1.82) is 0 Å². The number of aromatic amines is 1. The molecule has 0 aliphatic rings. The molecule has 1 atom stereocenters. The number of amides is 2. The molecular weight excluding hydrogens is 329 g/mol. The van der Waals surface area contributed by atoms with E-state index < -0.39 is 30.4 Å². The number of carboxylic acids is 1. The topological polar surface area (TPSA) is 102 Å². The molecule has 2 amide bonds.